The smallest absolute Gasteiger partial charge is 0.196 e. The zero-order valence-corrected chi connectivity index (χ0v) is 12.0. The largest absolute Gasteiger partial charge is 0.399 e. The SMILES string of the molecule is CO/N=C/c1ccccc1C(OC)C(=O)c1ccccc1. The first-order chi connectivity index (χ1) is 10.3. The lowest BCUT2D eigenvalue weighted by Crippen LogP contribution is -2.16. The van der Waals surface area contributed by atoms with E-state index in [1.54, 1.807) is 18.3 Å². The Balaban J connectivity index is 2.38. The van der Waals surface area contributed by atoms with Gasteiger partial charge in [-0.2, -0.15) is 0 Å². The van der Waals surface area contributed by atoms with Crippen molar-refractivity contribution in [3.63, 3.8) is 0 Å². The fraction of sp³-hybridized carbons (Fsp3) is 0.176. The van der Waals surface area contributed by atoms with E-state index in [2.05, 4.69) is 5.16 Å². The summed E-state index contributed by atoms with van der Waals surface area (Å²) in [5.41, 5.74) is 2.16. The van der Waals surface area contributed by atoms with Crippen LogP contribution < -0.4 is 0 Å². The highest BCUT2D eigenvalue weighted by atomic mass is 16.6. The van der Waals surface area contributed by atoms with Gasteiger partial charge in [0.25, 0.3) is 0 Å². The van der Waals surface area contributed by atoms with E-state index in [1.807, 2.05) is 42.5 Å². The lowest BCUT2D eigenvalue weighted by molar-refractivity contribution is 0.0604. The van der Waals surface area contributed by atoms with Crippen LogP contribution in [0.3, 0.4) is 0 Å². The summed E-state index contributed by atoms with van der Waals surface area (Å²) < 4.78 is 5.42. The molecule has 21 heavy (non-hydrogen) atoms. The number of ketones is 1. The van der Waals surface area contributed by atoms with Gasteiger partial charge in [0.05, 0.1) is 6.21 Å². The third-order valence-corrected chi connectivity index (χ3v) is 3.11. The molecular weight excluding hydrogens is 266 g/mol. The molecule has 0 saturated carbocycles. The molecule has 0 amide bonds. The molecule has 2 aromatic carbocycles. The summed E-state index contributed by atoms with van der Waals surface area (Å²) in [6.45, 7) is 0. The number of hydrogen-bond donors (Lipinski definition) is 0. The first-order valence-electron chi connectivity index (χ1n) is 6.55. The standard InChI is InChI=1S/C17H17NO3/c1-20-17(16(19)13-8-4-3-5-9-13)15-11-7-6-10-14(15)12-18-21-2/h3-12,17H,1-2H3/b18-12+. The summed E-state index contributed by atoms with van der Waals surface area (Å²) in [4.78, 5) is 17.3. The highest BCUT2D eigenvalue weighted by Crippen LogP contribution is 2.24. The van der Waals surface area contributed by atoms with Crippen LogP contribution in [-0.4, -0.2) is 26.2 Å². The fourth-order valence-electron chi connectivity index (χ4n) is 2.11. The van der Waals surface area contributed by atoms with Crippen molar-refractivity contribution >= 4 is 12.0 Å². The molecule has 0 aliphatic carbocycles. The van der Waals surface area contributed by atoms with Crippen molar-refractivity contribution in [2.75, 3.05) is 14.2 Å². The first kappa shape index (κ1) is 14.9. The van der Waals surface area contributed by atoms with E-state index in [0.717, 1.165) is 11.1 Å². The Hall–Kier alpha value is -2.46. The van der Waals surface area contributed by atoms with Crippen molar-refractivity contribution in [2.45, 2.75) is 6.10 Å². The van der Waals surface area contributed by atoms with Crippen LogP contribution in [0, 0.1) is 0 Å². The first-order valence-corrected chi connectivity index (χ1v) is 6.55. The quantitative estimate of drug-likeness (QED) is 0.464. The fourth-order valence-corrected chi connectivity index (χ4v) is 2.11. The number of nitrogens with zero attached hydrogens (tertiary/aromatic N) is 1. The van der Waals surface area contributed by atoms with E-state index in [9.17, 15) is 4.79 Å². The van der Waals surface area contributed by atoms with Crippen LogP contribution in [-0.2, 0) is 9.57 Å². The molecule has 0 aliphatic rings. The predicted octanol–water partition coefficient (Wildman–Crippen LogP) is 3.24. The molecule has 4 nitrogen and oxygen atoms in total. The van der Waals surface area contributed by atoms with Crippen molar-refractivity contribution in [3.8, 4) is 0 Å². The average molecular weight is 283 g/mol. The van der Waals surface area contributed by atoms with Gasteiger partial charge in [-0.05, 0) is 5.56 Å². The van der Waals surface area contributed by atoms with E-state index in [0.29, 0.717) is 5.56 Å². The van der Waals surface area contributed by atoms with E-state index in [-0.39, 0.29) is 5.78 Å². The normalized spacial score (nSPS) is 12.3. The van der Waals surface area contributed by atoms with Gasteiger partial charge < -0.3 is 9.57 Å². The third kappa shape index (κ3) is 3.55. The molecule has 0 aromatic heterocycles. The van der Waals surface area contributed by atoms with Crippen LogP contribution in [0.25, 0.3) is 0 Å². The van der Waals surface area contributed by atoms with Gasteiger partial charge in [-0.3, -0.25) is 4.79 Å². The van der Waals surface area contributed by atoms with Crippen LogP contribution >= 0.6 is 0 Å². The van der Waals surface area contributed by atoms with E-state index < -0.39 is 6.10 Å². The summed E-state index contributed by atoms with van der Waals surface area (Å²) in [5, 5.41) is 3.76. The second-order valence-electron chi connectivity index (χ2n) is 4.39. The molecule has 0 radical (unpaired) electrons. The van der Waals surface area contributed by atoms with Gasteiger partial charge in [0, 0.05) is 18.2 Å². The molecule has 108 valence electrons. The second kappa shape index (κ2) is 7.36. The maximum atomic E-state index is 12.6. The predicted molar refractivity (Wildman–Crippen MR) is 81.6 cm³/mol. The van der Waals surface area contributed by atoms with Gasteiger partial charge in [0.15, 0.2) is 5.78 Å². The summed E-state index contributed by atoms with van der Waals surface area (Å²) in [6, 6.07) is 16.5. The minimum absolute atomic E-state index is 0.0867. The number of ether oxygens (including phenoxy) is 1. The molecule has 0 aliphatic heterocycles. The lowest BCUT2D eigenvalue weighted by Gasteiger charge is -2.16. The minimum Gasteiger partial charge on any atom is -0.399 e. The maximum absolute atomic E-state index is 12.6. The lowest BCUT2D eigenvalue weighted by atomic mass is 9.96. The van der Waals surface area contributed by atoms with E-state index in [4.69, 9.17) is 9.57 Å². The molecule has 0 bridgehead atoms. The average Bonchev–Trinajstić information content (AvgIpc) is 2.55. The monoisotopic (exact) mass is 283 g/mol. The van der Waals surface area contributed by atoms with Gasteiger partial charge in [-0.1, -0.05) is 59.8 Å². The molecule has 2 aromatic rings. The molecule has 4 heteroatoms. The van der Waals surface area contributed by atoms with Gasteiger partial charge in [-0.25, -0.2) is 0 Å². The molecular formula is C17H17NO3. The second-order valence-corrected chi connectivity index (χ2v) is 4.39. The number of benzene rings is 2. The summed E-state index contributed by atoms with van der Waals surface area (Å²) >= 11 is 0. The van der Waals surface area contributed by atoms with Crippen molar-refractivity contribution in [2.24, 2.45) is 5.16 Å². The number of methoxy groups -OCH3 is 1. The van der Waals surface area contributed by atoms with E-state index in [1.165, 1.54) is 14.2 Å². The zero-order chi connectivity index (χ0) is 15.1. The zero-order valence-electron chi connectivity index (χ0n) is 12.0. The van der Waals surface area contributed by atoms with Crippen LogP contribution in [0.5, 0.6) is 0 Å². The minimum atomic E-state index is -0.674. The number of Topliss-reactive ketones (excluding diaryl/α,β-unsaturated/α-hetero) is 1. The molecule has 1 atom stereocenters. The van der Waals surface area contributed by atoms with Crippen LogP contribution in [0.1, 0.15) is 27.6 Å². The van der Waals surface area contributed by atoms with Crippen LogP contribution in [0.4, 0.5) is 0 Å². The number of carbonyl (C=O) groups excluding carboxylic acids is 1. The van der Waals surface area contributed by atoms with Gasteiger partial charge >= 0.3 is 0 Å². The van der Waals surface area contributed by atoms with Crippen molar-refractivity contribution in [3.05, 3.63) is 71.3 Å². The molecule has 0 heterocycles. The Morgan fingerprint density at radius 2 is 1.71 bits per heavy atom. The highest BCUT2D eigenvalue weighted by Gasteiger charge is 2.23. The van der Waals surface area contributed by atoms with Gasteiger partial charge in [-0.15, -0.1) is 0 Å². The molecule has 1 unspecified atom stereocenters. The van der Waals surface area contributed by atoms with E-state index >= 15 is 0 Å². The number of hydrogen-bond acceptors (Lipinski definition) is 4. The molecule has 2 rings (SSSR count). The van der Waals surface area contributed by atoms with Crippen molar-refractivity contribution in [1.29, 1.82) is 0 Å². The topological polar surface area (TPSA) is 47.9 Å². The number of rotatable bonds is 6. The van der Waals surface area contributed by atoms with Crippen molar-refractivity contribution < 1.29 is 14.4 Å². The number of oxime groups is 1. The summed E-state index contributed by atoms with van der Waals surface area (Å²) in [5.74, 6) is -0.0867. The summed E-state index contributed by atoms with van der Waals surface area (Å²) in [7, 11) is 3.00. The third-order valence-electron chi connectivity index (χ3n) is 3.11. The molecule has 0 fully saturated rings. The Morgan fingerprint density at radius 3 is 2.38 bits per heavy atom. The summed E-state index contributed by atoms with van der Waals surface area (Å²) in [6.07, 6.45) is 0.895. The van der Waals surface area contributed by atoms with Crippen molar-refractivity contribution in [1.82, 2.24) is 0 Å². The Morgan fingerprint density at radius 1 is 1.05 bits per heavy atom. The Labute approximate surface area is 124 Å². The molecule has 0 saturated heterocycles. The highest BCUT2D eigenvalue weighted by molar-refractivity contribution is 6.01. The maximum Gasteiger partial charge on any atom is 0.196 e. The Bertz CT molecular complexity index is 623. The Kier molecular flexibility index (Phi) is 5.23. The van der Waals surface area contributed by atoms with Gasteiger partial charge in [0.1, 0.15) is 13.2 Å². The number of carbonyl (C=O) groups is 1. The van der Waals surface area contributed by atoms with Crippen LogP contribution in [0.15, 0.2) is 59.8 Å². The van der Waals surface area contributed by atoms with Gasteiger partial charge in [0.2, 0.25) is 0 Å². The van der Waals surface area contributed by atoms with Crippen LogP contribution in [0.2, 0.25) is 0 Å². The molecule has 0 N–H and O–H groups in total. The molecule has 0 spiro atoms.